The molecule has 1 aliphatic rings. The lowest BCUT2D eigenvalue weighted by Gasteiger charge is -2.14. The molecule has 0 amide bonds. The fraction of sp³-hybridized carbons (Fsp3) is 0.667. The molecule has 0 saturated carbocycles. The Kier molecular flexibility index (Phi) is 4.18. The number of esters is 1. The normalized spacial score (nSPS) is 27.2. The fourth-order valence-electron chi connectivity index (χ4n) is 1.22. The first-order valence-electron chi connectivity index (χ1n) is 4.28. The standard InChI is InChI=1S/C9H13IO3/c1-3-12-9(11)6(2)8-7(10)4-5-13-8/h7-8H,2-5H2,1H3. The summed E-state index contributed by atoms with van der Waals surface area (Å²) in [4.78, 5) is 11.3. The summed E-state index contributed by atoms with van der Waals surface area (Å²) in [6.45, 7) is 6.57. The van der Waals surface area contributed by atoms with E-state index in [1.807, 2.05) is 0 Å². The van der Waals surface area contributed by atoms with Crippen molar-refractivity contribution in [1.82, 2.24) is 0 Å². The Morgan fingerprint density at radius 2 is 2.46 bits per heavy atom. The van der Waals surface area contributed by atoms with Gasteiger partial charge in [-0.3, -0.25) is 0 Å². The van der Waals surface area contributed by atoms with Crippen molar-refractivity contribution in [2.75, 3.05) is 13.2 Å². The van der Waals surface area contributed by atoms with Crippen LogP contribution in [0, 0.1) is 0 Å². The highest BCUT2D eigenvalue weighted by molar-refractivity contribution is 14.1. The number of ether oxygens (including phenoxy) is 2. The Balaban J connectivity index is 2.51. The van der Waals surface area contributed by atoms with E-state index in [1.165, 1.54) is 0 Å². The van der Waals surface area contributed by atoms with Crippen molar-refractivity contribution in [3.63, 3.8) is 0 Å². The number of alkyl halides is 1. The van der Waals surface area contributed by atoms with Crippen molar-refractivity contribution in [2.24, 2.45) is 0 Å². The second kappa shape index (κ2) is 4.95. The zero-order valence-electron chi connectivity index (χ0n) is 7.59. The number of carbonyl (C=O) groups excluding carboxylic acids is 1. The summed E-state index contributed by atoms with van der Waals surface area (Å²) in [5, 5.41) is 0. The Hall–Kier alpha value is -0.100. The maximum Gasteiger partial charge on any atom is 0.336 e. The summed E-state index contributed by atoms with van der Waals surface area (Å²) in [6, 6.07) is 0. The molecule has 0 N–H and O–H groups in total. The summed E-state index contributed by atoms with van der Waals surface area (Å²) in [7, 11) is 0. The minimum absolute atomic E-state index is 0.153. The van der Waals surface area contributed by atoms with Gasteiger partial charge in [-0.05, 0) is 13.3 Å². The molecule has 1 heterocycles. The van der Waals surface area contributed by atoms with Crippen molar-refractivity contribution in [3.8, 4) is 0 Å². The number of halogens is 1. The van der Waals surface area contributed by atoms with E-state index in [0.29, 0.717) is 22.7 Å². The third-order valence-electron chi connectivity index (χ3n) is 1.90. The van der Waals surface area contributed by atoms with Crippen LogP contribution in [0.2, 0.25) is 0 Å². The van der Waals surface area contributed by atoms with Gasteiger partial charge in [0.2, 0.25) is 0 Å². The van der Waals surface area contributed by atoms with Crippen molar-refractivity contribution in [2.45, 2.75) is 23.4 Å². The number of carbonyl (C=O) groups is 1. The Morgan fingerprint density at radius 1 is 1.77 bits per heavy atom. The molecule has 1 rings (SSSR count). The van der Waals surface area contributed by atoms with E-state index in [1.54, 1.807) is 6.92 Å². The van der Waals surface area contributed by atoms with Gasteiger partial charge < -0.3 is 9.47 Å². The minimum Gasteiger partial charge on any atom is -0.463 e. The summed E-state index contributed by atoms with van der Waals surface area (Å²) >= 11 is 2.28. The maximum absolute atomic E-state index is 11.3. The average molecular weight is 296 g/mol. The molecule has 0 spiro atoms. The van der Waals surface area contributed by atoms with Crippen molar-refractivity contribution < 1.29 is 14.3 Å². The molecule has 2 atom stereocenters. The first-order chi connectivity index (χ1) is 6.16. The van der Waals surface area contributed by atoms with Crippen LogP contribution in [-0.2, 0) is 14.3 Å². The molecule has 3 nitrogen and oxygen atoms in total. The molecular formula is C9H13IO3. The summed E-state index contributed by atoms with van der Waals surface area (Å²) < 4.78 is 10.6. The van der Waals surface area contributed by atoms with Crippen LogP contribution in [-0.4, -0.2) is 29.2 Å². The molecule has 2 unspecified atom stereocenters. The van der Waals surface area contributed by atoms with Gasteiger partial charge in [-0.15, -0.1) is 0 Å². The van der Waals surface area contributed by atoms with Gasteiger partial charge in [-0.1, -0.05) is 29.2 Å². The molecule has 1 aliphatic heterocycles. The Labute approximate surface area is 91.6 Å². The summed E-state index contributed by atoms with van der Waals surface area (Å²) in [6.07, 6.45) is 0.823. The fourth-order valence-corrected chi connectivity index (χ4v) is 2.12. The van der Waals surface area contributed by atoms with Gasteiger partial charge in [0.15, 0.2) is 0 Å². The SMILES string of the molecule is C=C(C(=O)OCC)C1OCCC1I. The van der Waals surface area contributed by atoms with E-state index in [4.69, 9.17) is 9.47 Å². The maximum atomic E-state index is 11.3. The predicted octanol–water partition coefficient (Wildman–Crippen LogP) is 1.70. The Bertz CT molecular complexity index is 215. The van der Waals surface area contributed by atoms with Gasteiger partial charge in [-0.25, -0.2) is 4.79 Å². The van der Waals surface area contributed by atoms with E-state index in [9.17, 15) is 4.79 Å². The van der Waals surface area contributed by atoms with Crippen LogP contribution in [0.4, 0.5) is 0 Å². The third kappa shape index (κ3) is 2.67. The number of rotatable bonds is 3. The highest BCUT2D eigenvalue weighted by Crippen LogP contribution is 2.26. The van der Waals surface area contributed by atoms with Gasteiger partial charge in [0.1, 0.15) is 6.10 Å². The third-order valence-corrected chi connectivity index (χ3v) is 3.18. The lowest BCUT2D eigenvalue weighted by Crippen LogP contribution is -2.24. The van der Waals surface area contributed by atoms with Gasteiger partial charge >= 0.3 is 5.97 Å². The monoisotopic (exact) mass is 296 g/mol. The second-order valence-electron chi connectivity index (χ2n) is 2.84. The van der Waals surface area contributed by atoms with Gasteiger partial charge in [-0.2, -0.15) is 0 Å². The molecule has 0 aromatic carbocycles. The lowest BCUT2D eigenvalue weighted by molar-refractivity contribution is -0.139. The van der Waals surface area contributed by atoms with Crippen molar-refractivity contribution >= 4 is 28.6 Å². The number of hydrogen-bond donors (Lipinski definition) is 0. The van der Waals surface area contributed by atoms with Gasteiger partial charge in [0.05, 0.1) is 12.2 Å². The lowest BCUT2D eigenvalue weighted by atomic mass is 10.1. The van der Waals surface area contributed by atoms with Crippen LogP contribution < -0.4 is 0 Å². The van der Waals surface area contributed by atoms with E-state index in [2.05, 4.69) is 29.2 Å². The summed E-state index contributed by atoms with van der Waals surface area (Å²) in [5.41, 5.74) is 0.443. The molecule has 1 saturated heterocycles. The van der Waals surface area contributed by atoms with Crippen molar-refractivity contribution in [1.29, 1.82) is 0 Å². The molecule has 1 fully saturated rings. The largest absolute Gasteiger partial charge is 0.463 e. The smallest absolute Gasteiger partial charge is 0.336 e. The van der Waals surface area contributed by atoms with Crippen LogP contribution in [0.25, 0.3) is 0 Å². The predicted molar refractivity (Wildman–Crippen MR) is 57.9 cm³/mol. The van der Waals surface area contributed by atoms with Crippen LogP contribution in [0.1, 0.15) is 13.3 Å². The average Bonchev–Trinajstić information content (AvgIpc) is 2.50. The van der Waals surface area contributed by atoms with Crippen LogP contribution >= 0.6 is 22.6 Å². The van der Waals surface area contributed by atoms with Gasteiger partial charge in [0, 0.05) is 10.5 Å². The first-order valence-corrected chi connectivity index (χ1v) is 5.53. The van der Waals surface area contributed by atoms with Crippen LogP contribution in [0.5, 0.6) is 0 Å². The van der Waals surface area contributed by atoms with Crippen molar-refractivity contribution in [3.05, 3.63) is 12.2 Å². The molecule has 0 aliphatic carbocycles. The zero-order valence-corrected chi connectivity index (χ0v) is 9.74. The quantitative estimate of drug-likeness (QED) is 0.344. The number of hydrogen-bond acceptors (Lipinski definition) is 3. The van der Waals surface area contributed by atoms with E-state index < -0.39 is 0 Å². The van der Waals surface area contributed by atoms with E-state index in [0.717, 1.165) is 6.42 Å². The molecule has 0 aromatic rings. The first kappa shape index (κ1) is 11.0. The molecule has 74 valence electrons. The van der Waals surface area contributed by atoms with Gasteiger partial charge in [0.25, 0.3) is 0 Å². The van der Waals surface area contributed by atoms with E-state index >= 15 is 0 Å². The topological polar surface area (TPSA) is 35.5 Å². The Morgan fingerprint density at radius 3 is 2.92 bits per heavy atom. The highest BCUT2D eigenvalue weighted by Gasteiger charge is 2.31. The molecular weight excluding hydrogens is 283 g/mol. The molecule has 0 radical (unpaired) electrons. The molecule has 0 aromatic heterocycles. The molecule has 0 bridgehead atoms. The van der Waals surface area contributed by atoms with E-state index in [-0.39, 0.29) is 12.1 Å². The molecule has 13 heavy (non-hydrogen) atoms. The zero-order chi connectivity index (χ0) is 9.84. The molecule has 4 heteroatoms. The minimum atomic E-state index is -0.337. The van der Waals surface area contributed by atoms with Crippen LogP contribution in [0.3, 0.4) is 0 Å². The van der Waals surface area contributed by atoms with Crippen LogP contribution in [0.15, 0.2) is 12.2 Å². The second-order valence-corrected chi connectivity index (χ2v) is 4.44. The summed E-state index contributed by atoms with van der Waals surface area (Å²) in [5.74, 6) is -0.337. The highest BCUT2D eigenvalue weighted by atomic mass is 127.